The van der Waals surface area contributed by atoms with Crippen LogP contribution in [0.15, 0.2) is 121 Å². The quantitative estimate of drug-likeness (QED) is 0.0940. The van der Waals surface area contributed by atoms with Gasteiger partial charge in [-0.25, -0.2) is 18.4 Å². The third kappa shape index (κ3) is 8.54. The average molecular weight is 629 g/mol. The number of nitrogens with zero attached hydrogens (tertiary/aromatic N) is 3. The Hall–Kier alpha value is -5.49. The lowest BCUT2D eigenvalue weighted by atomic mass is 10.0. The van der Waals surface area contributed by atoms with E-state index < -0.39 is 20.9 Å². The van der Waals surface area contributed by atoms with E-state index in [1.54, 1.807) is 30.3 Å². The van der Waals surface area contributed by atoms with E-state index in [-0.39, 0.29) is 28.9 Å². The number of hydrogen-bond acceptors (Lipinski definition) is 7. The number of carbonyl (C=O) groups is 2. The summed E-state index contributed by atoms with van der Waals surface area (Å²) in [5.74, 6) is -0.559. The standard InChI is InChI=1S/C20H20N2O2.C13H12N2O5S/c1-15(2)13-14-18-19(23)21(16-9-5-3-6-10-16)22(20(18)24)17-11-7-4-8-12-17;1-21(18,19)14-12-8-7-10(15(16)17)9-13(12)20-11-5-3-2-4-6-11/h3-13,18H,14H2,1-2H3;2-9,14H,1H3. The van der Waals surface area contributed by atoms with Crippen molar-refractivity contribution in [3.05, 3.63) is 131 Å². The predicted octanol–water partition coefficient (Wildman–Crippen LogP) is 6.71. The highest BCUT2D eigenvalue weighted by Gasteiger charge is 2.46. The fourth-order valence-electron chi connectivity index (χ4n) is 4.39. The van der Waals surface area contributed by atoms with Gasteiger partial charge in [0.2, 0.25) is 10.0 Å². The summed E-state index contributed by atoms with van der Waals surface area (Å²) in [6, 6.07) is 30.8. The van der Waals surface area contributed by atoms with Gasteiger partial charge in [0, 0.05) is 6.07 Å². The van der Waals surface area contributed by atoms with Crippen molar-refractivity contribution in [2.45, 2.75) is 20.3 Å². The number of non-ortho nitro benzene ring substituents is 1. The van der Waals surface area contributed by atoms with Crippen molar-refractivity contribution >= 4 is 44.6 Å². The van der Waals surface area contributed by atoms with Gasteiger partial charge in [-0.2, -0.15) is 0 Å². The molecule has 1 aliphatic heterocycles. The highest BCUT2D eigenvalue weighted by Crippen LogP contribution is 2.34. The van der Waals surface area contributed by atoms with Crippen LogP contribution in [0.25, 0.3) is 0 Å². The molecule has 12 heteroatoms. The van der Waals surface area contributed by atoms with Crippen molar-refractivity contribution in [3.8, 4) is 11.5 Å². The van der Waals surface area contributed by atoms with E-state index in [0.29, 0.717) is 23.5 Å². The zero-order valence-electron chi connectivity index (χ0n) is 24.9. The molecule has 0 radical (unpaired) electrons. The number of nitro groups is 1. The maximum absolute atomic E-state index is 12.9. The summed E-state index contributed by atoms with van der Waals surface area (Å²) in [5.41, 5.74) is 2.42. The number of nitro benzene ring substituents is 1. The molecule has 232 valence electrons. The number of allylic oxidation sites excluding steroid dienone is 2. The lowest BCUT2D eigenvalue weighted by Gasteiger charge is -2.27. The maximum Gasteiger partial charge on any atom is 0.273 e. The van der Waals surface area contributed by atoms with Crippen LogP contribution in [0.1, 0.15) is 20.3 Å². The Kier molecular flexibility index (Phi) is 10.3. The van der Waals surface area contributed by atoms with Gasteiger partial charge in [-0.15, -0.1) is 0 Å². The minimum Gasteiger partial charge on any atom is -0.455 e. The molecule has 1 fully saturated rings. The Morgan fingerprint density at radius 2 is 1.33 bits per heavy atom. The minimum atomic E-state index is -3.52. The molecule has 1 heterocycles. The second-order valence-electron chi connectivity index (χ2n) is 10.3. The van der Waals surface area contributed by atoms with Crippen molar-refractivity contribution in [1.29, 1.82) is 0 Å². The monoisotopic (exact) mass is 628 g/mol. The summed E-state index contributed by atoms with van der Waals surface area (Å²) in [5, 5.41) is 13.8. The first-order valence-electron chi connectivity index (χ1n) is 13.8. The van der Waals surface area contributed by atoms with Gasteiger partial charge >= 0.3 is 0 Å². The van der Waals surface area contributed by atoms with Crippen LogP contribution in [-0.2, 0) is 19.6 Å². The van der Waals surface area contributed by atoms with E-state index in [2.05, 4.69) is 4.72 Å². The molecular formula is C33H32N4O7S. The van der Waals surface area contributed by atoms with Crippen molar-refractivity contribution in [3.63, 3.8) is 0 Å². The van der Waals surface area contributed by atoms with Crippen LogP contribution in [0.3, 0.4) is 0 Å². The molecule has 11 nitrogen and oxygen atoms in total. The van der Waals surface area contributed by atoms with Crippen molar-refractivity contribution in [2.75, 3.05) is 21.0 Å². The number of para-hydroxylation sites is 3. The lowest BCUT2D eigenvalue weighted by molar-refractivity contribution is -0.384. The van der Waals surface area contributed by atoms with E-state index in [1.165, 1.54) is 28.2 Å². The highest BCUT2D eigenvalue weighted by atomic mass is 32.2. The third-order valence-corrected chi connectivity index (χ3v) is 7.01. The van der Waals surface area contributed by atoms with Crippen LogP contribution in [0, 0.1) is 16.0 Å². The van der Waals surface area contributed by atoms with E-state index in [1.807, 2.05) is 80.6 Å². The van der Waals surface area contributed by atoms with Gasteiger partial charge in [0.15, 0.2) is 5.75 Å². The summed E-state index contributed by atoms with van der Waals surface area (Å²) in [7, 11) is -3.52. The van der Waals surface area contributed by atoms with Gasteiger partial charge in [0.1, 0.15) is 11.7 Å². The second kappa shape index (κ2) is 14.3. The molecule has 1 saturated heterocycles. The number of anilines is 3. The summed E-state index contributed by atoms with van der Waals surface area (Å²) in [4.78, 5) is 36.1. The van der Waals surface area contributed by atoms with Gasteiger partial charge in [0.05, 0.1) is 34.3 Å². The fraction of sp³-hybridized carbons (Fsp3) is 0.152. The molecule has 4 aromatic carbocycles. The molecule has 0 aliphatic carbocycles. The Balaban J connectivity index is 0.000000207. The summed E-state index contributed by atoms with van der Waals surface area (Å²) < 4.78 is 30.4. The number of hydrogen-bond donors (Lipinski definition) is 1. The number of rotatable bonds is 9. The third-order valence-electron chi connectivity index (χ3n) is 6.42. The van der Waals surface area contributed by atoms with E-state index >= 15 is 0 Å². The Bertz CT molecular complexity index is 1740. The van der Waals surface area contributed by atoms with E-state index in [0.717, 1.165) is 11.8 Å². The normalized spacial score (nSPS) is 13.1. The molecule has 2 amide bonds. The van der Waals surface area contributed by atoms with Crippen LogP contribution in [0.2, 0.25) is 0 Å². The van der Waals surface area contributed by atoms with Crippen LogP contribution in [0.4, 0.5) is 22.7 Å². The maximum atomic E-state index is 12.9. The molecule has 0 aromatic heterocycles. The van der Waals surface area contributed by atoms with E-state index in [9.17, 15) is 28.1 Å². The largest absolute Gasteiger partial charge is 0.455 e. The predicted molar refractivity (Wildman–Crippen MR) is 173 cm³/mol. The number of ether oxygens (including phenoxy) is 1. The van der Waals surface area contributed by atoms with Gasteiger partial charge in [-0.3, -0.25) is 24.4 Å². The van der Waals surface area contributed by atoms with Gasteiger partial charge in [-0.05, 0) is 62.7 Å². The van der Waals surface area contributed by atoms with Crippen LogP contribution < -0.4 is 19.5 Å². The van der Waals surface area contributed by atoms with Crippen molar-refractivity contribution < 1.29 is 27.7 Å². The molecule has 1 N–H and O–H groups in total. The number of carbonyl (C=O) groups excluding carboxylic acids is 2. The summed E-state index contributed by atoms with van der Waals surface area (Å²) >= 11 is 0. The van der Waals surface area contributed by atoms with Gasteiger partial charge in [-0.1, -0.05) is 66.2 Å². The number of hydrazine groups is 1. The first kappa shape index (κ1) is 32.4. The van der Waals surface area contributed by atoms with Crippen molar-refractivity contribution in [1.82, 2.24) is 0 Å². The smallest absolute Gasteiger partial charge is 0.273 e. The fourth-order valence-corrected chi connectivity index (χ4v) is 4.95. The summed E-state index contributed by atoms with van der Waals surface area (Å²) in [6.07, 6.45) is 3.35. The van der Waals surface area contributed by atoms with Gasteiger partial charge in [0.25, 0.3) is 17.5 Å². The number of sulfonamides is 1. The number of nitrogens with one attached hydrogen (secondary N) is 1. The molecule has 0 spiro atoms. The molecule has 0 bridgehead atoms. The molecule has 5 rings (SSSR count). The molecule has 1 aliphatic rings. The molecular weight excluding hydrogens is 596 g/mol. The second-order valence-corrected chi connectivity index (χ2v) is 12.0. The first-order valence-corrected chi connectivity index (χ1v) is 15.7. The Labute approximate surface area is 261 Å². The first-order chi connectivity index (χ1) is 21.4. The number of amides is 2. The van der Waals surface area contributed by atoms with Crippen LogP contribution >= 0.6 is 0 Å². The zero-order valence-corrected chi connectivity index (χ0v) is 25.7. The molecule has 4 aromatic rings. The number of benzene rings is 4. The Morgan fingerprint density at radius 3 is 1.78 bits per heavy atom. The van der Waals surface area contributed by atoms with Crippen LogP contribution in [0.5, 0.6) is 11.5 Å². The SMILES string of the molecule is CC(C)=CCC1C(=O)N(c2ccccc2)N(c2ccccc2)C1=O.CS(=O)(=O)Nc1ccc([N+](=O)[O-])cc1Oc1ccccc1. The molecule has 0 unspecified atom stereocenters. The molecule has 45 heavy (non-hydrogen) atoms. The van der Waals surface area contributed by atoms with Crippen molar-refractivity contribution in [2.24, 2.45) is 5.92 Å². The minimum absolute atomic E-state index is 0.0563. The molecule has 0 saturated carbocycles. The van der Waals surface area contributed by atoms with E-state index in [4.69, 9.17) is 4.74 Å². The van der Waals surface area contributed by atoms with Crippen LogP contribution in [-0.4, -0.2) is 31.4 Å². The van der Waals surface area contributed by atoms with Gasteiger partial charge < -0.3 is 4.74 Å². The lowest BCUT2D eigenvalue weighted by Crippen LogP contribution is -2.41. The zero-order chi connectivity index (χ0) is 32.6. The Morgan fingerprint density at radius 1 is 0.844 bits per heavy atom. The topological polar surface area (TPSA) is 139 Å². The highest BCUT2D eigenvalue weighted by molar-refractivity contribution is 7.92. The molecule has 0 atom stereocenters. The summed E-state index contributed by atoms with van der Waals surface area (Å²) in [6.45, 7) is 3.93. The average Bonchev–Trinajstić information content (AvgIpc) is 3.26.